The lowest BCUT2D eigenvalue weighted by atomic mass is 10.2. The van der Waals surface area contributed by atoms with Crippen LogP contribution in [0.1, 0.15) is 6.92 Å². The molecule has 0 radical (unpaired) electrons. The van der Waals surface area contributed by atoms with Gasteiger partial charge in [0.25, 0.3) is 0 Å². The topological polar surface area (TPSA) is 112 Å². The van der Waals surface area contributed by atoms with E-state index in [-0.39, 0.29) is 16.8 Å². The van der Waals surface area contributed by atoms with Crippen molar-refractivity contribution in [2.75, 3.05) is 0 Å². The summed E-state index contributed by atoms with van der Waals surface area (Å²) >= 11 is 0. The van der Waals surface area contributed by atoms with Gasteiger partial charge >= 0.3 is 0 Å². The van der Waals surface area contributed by atoms with Crippen LogP contribution in [0.15, 0.2) is 29.7 Å². The second-order valence-electron chi connectivity index (χ2n) is 3.95. The molecule has 1 aromatic heterocycles. The Labute approximate surface area is 102 Å². The maximum Gasteiger partial charge on any atom is 0.117 e. The van der Waals surface area contributed by atoms with Gasteiger partial charge in [-0.05, 0) is 24.3 Å². The Bertz CT molecular complexity index is 580. The van der Waals surface area contributed by atoms with Gasteiger partial charge in [-0.1, -0.05) is 0 Å². The van der Waals surface area contributed by atoms with Crippen LogP contribution in [0.25, 0.3) is 10.9 Å². The van der Waals surface area contributed by atoms with Crippen LogP contribution in [-0.2, 0) is 6.54 Å². The van der Waals surface area contributed by atoms with Crippen LogP contribution in [0.4, 0.5) is 0 Å². The quantitative estimate of drug-likeness (QED) is 0.479. The highest BCUT2D eigenvalue weighted by molar-refractivity contribution is 5.79. The van der Waals surface area contributed by atoms with Crippen LogP contribution < -0.4 is 5.43 Å². The number of rotatable bonds is 4. The van der Waals surface area contributed by atoms with Gasteiger partial charge in [-0.2, -0.15) is 10.5 Å². The molecule has 0 saturated carbocycles. The number of phenols is 1. The van der Waals surface area contributed by atoms with Gasteiger partial charge in [-0.15, -0.1) is 0 Å². The number of hydrogen-bond donors (Lipinski definition) is 2. The highest BCUT2D eigenvalue weighted by Gasteiger charge is 2.10. The highest BCUT2D eigenvalue weighted by atomic mass is 16.6. The van der Waals surface area contributed by atoms with Gasteiger partial charge in [-0.25, -0.2) is 0 Å². The van der Waals surface area contributed by atoms with Crippen molar-refractivity contribution < 1.29 is 10.1 Å². The van der Waals surface area contributed by atoms with E-state index in [2.05, 4.69) is 15.8 Å². The minimum absolute atomic E-state index is 0.131. The number of hydrazine groups is 1. The fourth-order valence-corrected chi connectivity index (χ4v) is 1.72. The maximum atomic E-state index is 10.7. The molecular formula is C10H12N5O3-. The predicted molar refractivity (Wildman–Crippen MR) is 63.4 cm³/mol. The molecule has 2 N–H and O–H groups in total. The molecule has 0 fully saturated rings. The fraction of sp³-hybridized carbons (Fsp3) is 0.300. The highest BCUT2D eigenvalue weighted by Crippen LogP contribution is 2.19. The van der Waals surface area contributed by atoms with Crippen molar-refractivity contribution in [3.63, 3.8) is 0 Å². The van der Waals surface area contributed by atoms with E-state index in [1.807, 2.05) is 0 Å². The van der Waals surface area contributed by atoms with Gasteiger partial charge < -0.3 is 15.5 Å². The first-order chi connectivity index (χ1) is 8.60. The van der Waals surface area contributed by atoms with Crippen molar-refractivity contribution in [2.24, 2.45) is 5.28 Å². The van der Waals surface area contributed by atoms with Gasteiger partial charge in [0.05, 0.1) is 18.3 Å². The number of benzene rings is 1. The van der Waals surface area contributed by atoms with Crippen LogP contribution in [0.5, 0.6) is 5.75 Å². The molecule has 0 aliphatic rings. The molecule has 1 heterocycles. The summed E-state index contributed by atoms with van der Waals surface area (Å²) < 4.78 is 1.63. The zero-order valence-electron chi connectivity index (χ0n) is 9.65. The summed E-state index contributed by atoms with van der Waals surface area (Å²) in [5, 5.41) is 37.3. The molecule has 0 aliphatic carbocycles. The molecule has 0 aliphatic heterocycles. The molecule has 1 aromatic carbocycles. The van der Waals surface area contributed by atoms with E-state index in [9.17, 15) is 15.5 Å². The Morgan fingerprint density at radius 2 is 2.39 bits per heavy atom. The van der Waals surface area contributed by atoms with E-state index >= 15 is 0 Å². The Hall–Kier alpha value is -2.51. The molecule has 18 heavy (non-hydrogen) atoms. The summed E-state index contributed by atoms with van der Waals surface area (Å²) in [7, 11) is 0. The average molecular weight is 250 g/mol. The molecule has 2 aromatic rings. The zero-order valence-corrected chi connectivity index (χ0v) is 9.65. The molecule has 8 nitrogen and oxygen atoms in total. The molecule has 0 bridgehead atoms. The molecule has 0 amide bonds. The van der Waals surface area contributed by atoms with Gasteiger partial charge in [0.1, 0.15) is 11.8 Å². The number of aromatic nitrogens is 2. The van der Waals surface area contributed by atoms with Crippen molar-refractivity contribution in [1.82, 2.24) is 15.2 Å². The third-order valence-electron chi connectivity index (χ3n) is 2.48. The Morgan fingerprint density at radius 1 is 1.61 bits per heavy atom. The Balaban J connectivity index is 2.19. The SMILES string of the molecule is C[C@@H](Cn1ncc2ccc(O)cc21)N/[N+]([O-])=N/[O-]. The fourth-order valence-electron chi connectivity index (χ4n) is 1.72. The van der Waals surface area contributed by atoms with E-state index < -0.39 is 0 Å². The molecule has 0 saturated heterocycles. The number of phenolic OH excluding ortho intramolecular Hbond substituents is 1. The lowest BCUT2D eigenvalue weighted by Crippen LogP contribution is -2.35. The first-order valence-corrected chi connectivity index (χ1v) is 5.31. The second kappa shape index (κ2) is 4.78. The van der Waals surface area contributed by atoms with Crippen LogP contribution in [0.3, 0.4) is 0 Å². The van der Waals surface area contributed by atoms with E-state index in [1.54, 1.807) is 36.0 Å². The summed E-state index contributed by atoms with van der Waals surface area (Å²) in [6.45, 7) is 2.08. The summed E-state index contributed by atoms with van der Waals surface area (Å²) in [5.74, 6) is 0.143. The maximum absolute atomic E-state index is 10.7. The minimum atomic E-state index is -0.328. The molecular weight excluding hydrogens is 238 g/mol. The van der Waals surface area contributed by atoms with Crippen molar-refractivity contribution in [2.45, 2.75) is 19.5 Å². The van der Waals surface area contributed by atoms with Crippen LogP contribution in [0, 0.1) is 10.4 Å². The first-order valence-electron chi connectivity index (χ1n) is 5.31. The van der Waals surface area contributed by atoms with E-state index in [4.69, 9.17) is 0 Å². The van der Waals surface area contributed by atoms with E-state index in [1.165, 1.54) is 0 Å². The predicted octanol–water partition coefficient (Wildman–Crippen LogP) is 1.10. The largest absolute Gasteiger partial charge is 0.737 e. The van der Waals surface area contributed by atoms with Crippen LogP contribution in [0.2, 0.25) is 0 Å². The number of nitrogens with one attached hydrogen (secondary N) is 1. The van der Waals surface area contributed by atoms with Crippen molar-refractivity contribution >= 4 is 10.9 Å². The number of fused-ring (bicyclic) bond motifs is 1. The third-order valence-corrected chi connectivity index (χ3v) is 2.48. The number of nitrogens with zero attached hydrogens (tertiary/aromatic N) is 4. The van der Waals surface area contributed by atoms with Gasteiger partial charge in [0, 0.05) is 16.4 Å². The van der Waals surface area contributed by atoms with Crippen molar-refractivity contribution in [3.8, 4) is 5.75 Å². The van der Waals surface area contributed by atoms with Crippen molar-refractivity contribution in [3.05, 3.63) is 34.8 Å². The second-order valence-corrected chi connectivity index (χ2v) is 3.95. The number of aromatic hydroxyl groups is 1. The standard InChI is InChI=1S/C10H13N5O3/c1-7(12-15(18)13-17)6-14-10-4-9(16)3-2-8(10)5-11-14/h2-5,7,16-17H,6H2,1H3,(H,12,13)/p-1/t7-/m0/s1. The summed E-state index contributed by atoms with van der Waals surface area (Å²) in [6, 6.07) is 4.58. The molecule has 96 valence electrons. The van der Waals surface area contributed by atoms with Gasteiger partial charge in [0.2, 0.25) is 0 Å². The minimum Gasteiger partial charge on any atom is -0.737 e. The summed E-state index contributed by atoms with van der Waals surface area (Å²) in [4.78, 5) is -0.131. The molecule has 0 spiro atoms. The third kappa shape index (κ3) is 2.42. The average Bonchev–Trinajstić information content (AvgIpc) is 2.71. The molecule has 8 heteroatoms. The normalized spacial score (nSPS) is 13.7. The van der Waals surface area contributed by atoms with E-state index in [0.717, 1.165) is 10.9 Å². The molecule has 1 atom stereocenters. The Kier molecular flexibility index (Phi) is 3.18. The smallest absolute Gasteiger partial charge is 0.117 e. The first kappa shape index (κ1) is 12.0. The van der Waals surface area contributed by atoms with Gasteiger partial charge in [-0.3, -0.25) is 4.68 Å². The summed E-state index contributed by atoms with van der Waals surface area (Å²) in [5.41, 5.74) is 3.07. The molecule has 2 rings (SSSR count). The molecule has 0 unspecified atom stereocenters. The van der Waals surface area contributed by atoms with Gasteiger partial charge in [0.15, 0.2) is 0 Å². The van der Waals surface area contributed by atoms with Crippen LogP contribution in [-0.4, -0.2) is 25.9 Å². The monoisotopic (exact) mass is 250 g/mol. The van der Waals surface area contributed by atoms with E-state index in [0.29, 0.717) is 6.54 Å². The lowest BCUT2D eigenvalue weighted by molar-refractivity contribution is -0.592. The Morgan fingerprint density at radius 3 is 3.11 bits per heavy atom. The zero-order chi connectivity index (χ0) is 13.1. The summed E-state index contributed by atoms with van der Waals surface area (Å²) in [6.07, 6.45) is 1.66. The lowest BCUT2D eigenvalue weighted by Gasteiger charge is -2.12. The van der Waals surface area contributed by atoms with Crippen LogP contribution >= 0.6 is 0 Å². The number of hydrogen-bond acceptors (Lipinski definition) is 5. The van der Waals surface area contributed by atoms with Crippen molar-refractivity contribution in [1.29, 1.82) is 0 Å².